The minimum Gasteiger partial charge on any atom is -0.491 e. The molecule has 1 aromatic carbocycles. The average molecular weight is 290 g/mol. The first kappa shape index (κ1) is 12.9. The van der Waals surface area contributed by atoms with Gasteiger partial charge in [-0.3, -0.25) is 0 Å². The highest BCUT2D eigenvalue weighted by atomic mass is 32.1. The number of anilines is 1. The average Bonchev–Trinajstić information content (AvgIpc) is 2.87. The van der Waals surface area contributed by atoms with Gasteiger partial charge >= 0.3 is 5.97 Å². The normalized spacial score (nSPS) is 14.2. The number of para-hydroxylation sites is 1. The lowest BCUT2D eigenvalue weighted by Crippen LogP contribution is -2.24. The predicted molar refractivity (Wildman–Crippen MR) is 76.4 cm³/mol. The molecular formula is C14H14N2O3S. The number of fused-ring (bicyclic) bond motifs is 1. The SMILES string of the molecule is COC(=O)c1cnc(N2CCOc3ccccc3C2)s1. The Bertz CT molecular complexity index is 626. The number of hydrogen-bond donors (Lipinski definition) is 0. The number of hydrogen-bond acceptors (Lipinski definition) is 6. The number of methoxy groups -OCH3 is 1. The summed E-state index contributed by atoms with van der Waals surface area (Å²) >= 11 is 1.34. The van der Waals surface area contributed by atoms with Crippen LogP contribution in [0.4, 0.5) is 5.13 Å². The fraction of sp³-hybridized carbons (Fsp3) is 0.286. The smallest absolute Gasteiger partial charge is 0.349 e. The highest BCUT2D eigenvalue weighted by Gasteiger charge is 2.19. The lowest BCUT2D eigenvalue weighted by atomic mass is 10.2. The highest BCUT2D eigenvalue weighted by Crippen LogP contribution is 2.29. The van der Waals surface area contributed by atoms with Gasteiger partial charge in [0, 0.05) is 12.1 Å². The third-order valence-electron chi connectivity index (χ3n) is 3.10. The minimum absolute atomic E-state index is 0.347. The Hall–Kier alpha value is -2.08. The molecule has 0 atom stereocenters. The monoisotopic (exact) mass is 290 g/mol. The van der Waals surface area contributed by atoms with Crippen molar-refractivity contribution in [1.29, 1.82) is 0 Å². The molecule has 20 heavy (non-hydrogen) atoms. The van der Waals surface area contributed by atoms with Crippen LogP contribution in [0.15, 0.2) is 30.5 Å². The molecule has 1 aliphatic heterocycles. The molecule has 0 bridgehead atoms. The van der Waals surface area contributed by atoms with E-state index in [1.54, 1.807) is 6.20 Å². The molecule has 104 valence electrons. The van der Waals surface area contributed by atoms with E-state index in [0.29, 0.717) is 11.5 Å². The first-order chi connectivity index (χ1) is 9.78. The summed E-state index contributed by atoms with van der Waals surface area (Å²) in [6.45, 7) is 2.07. The van der Waals surface area contributed by atoms with Gasteiger partial charge in [0.05, 0.1) is 19.9 Å². The van der Waals surface area contributed by atoms with E-state index in [2.05, 4.69) is 9.88 Å². The van der Waals surface area contributed by atoms with Crippen molar-refractivity contribution in [3.8, 4) is 5.75 Å². The molecule has 0 fully saturated rings. The second-order valence-electron chi connectivity index (χ2n) is 4.38. The molecule has 0 aliphatic carbocycles. The van der Waals surface area contributed by atoms with Crippen LogP contribution in [0.3, 0.4) is 0 Å². The summed E-state index contributed by atoms with van der Waals surface area (Å²) in [5.41, 5.74) is 1.12. The van der Waals surface area contributed by atoms with Crippen molar-refractivity contribution in [1.82, 2.24) is 4.98 Å². The largest absolute Gasteiger partial charge is 0.491 e. The minimum atomic E-state index is -0.347. The summed E-state index contributed by atoms with van der Waals surface area (Å²) in [6, 6.07) is 7.98. The van der Waals surface area contributed by atoms with Crippen LogP contribution in [0.2, 0.25) is 0 Å². The van der Waals surface area contributed by atoms with Crippen LogP contribution < -0.4 is 9.64 Å². The molecule has 6 heteroatoms. The van der Waals surface area contributed by atoms with Crippen molar-refractivity contribution in [3.05, 3.63) is 40.9 Å². The van der Waals surface area contributed by atoms with E-state index >= 15 is 0 Å². The molecule has 0 unspecified atom stereocenters. The number of ether oxygens (including phenoxy) is 2. The van der Waals surface area contributed by atoms with Gasteiger partial charge in [0.15, 0.2) is 5.13 Å². The maximum absolute atomic E-state index is 11.5. The van der Waals surface area contributed by atoms with Crippen LogP contribution in [0.5, 0.6) is 5.75 Å². The number of nitrogens with zero attached hydrogens (tertiary/aromatic N) is 2. The molecule has 5 nitrogen and oxygen atoms in total. The Labute approximate surface area is 120 Å². The Morgan fingerprint density at radius 1 is 1.45 bits per heavy atom. The van der Waals surface area contributed by atoms with Crippen LogP contribution in [0, 0.1) is 0 Å². The number of carbonyl (C=O) groups excluding carboxylic acids is 1. The van der Waals surface area contributed by atoms with E-state index in [9.17, 15) is 4.79 Å². The quantitative estimate of drug-likeness (QED) is 0.795. The third-order valence-corrected chi connectivity index (χ3v) is 4.14. The van der Waals surface area contributed by atoms with Gasteiger partial charge in [-0.1, -0.05) is 29.5 Å². The molecule has 1 aliphatic rings. The summed E-state index contributed by atoms with van der Waals surface area (Å²) in [5.74, 6) is 0.569. The molecule has 0 N–H and O–H groups in total. The number of carbonyl (C=O) groups is 1. The maximum Gasteiger partial charge on any atom is 0.349 e. The maximum atomic E-state index is 11.5. The van der Waals surface area contributed by atoms with Gasteiger partial charge in [-0.25, -0.2) is 9.78 Å². The van der Waals surface area contributed by atoms with Crippen molar-refractivity contribution in [2.24, 2.45) is 0 Å². The van der Waals surface area contributed by atoms with Crippen LogP contribution in [0.1, 0.15) is 15.2 Å². The Kier molecular flexibility index (Phi) is 3.56. The lowest BCUT2D eigenvalue weighted by Gasteiger charge is -2.18. The molecule has 0 radical (unpaired) electrons. The molecule has 0 saturated heterocycles. The van der Waals surface area contributed by atoms with Crippen molar-refractivity contribution >= 4 is 22.4 Å². The molecule has 0 spiro atoms. The fourth-order valence-corrected chi connectivity index (χ4v) is 2.95. The first-order valence-electron chi connectivity index (χ1n) is 6.27. The standard InChI is InChI=1S/C14H14N2O3S/c1-18-13(17)12-8-15-14(20-12)16-6-7-19-11-5-3-2-4-10(11)9-16/h2-5,8H,6-7,9H2,1H3. The fourth-order valence-electron chi connectivity index (χ4n) is 2.10. The molecule has 2 aromatic rings. The summed E-state index contributed by atoms with van der Waals surface area (Å²) < 4.78 is 10.4. The lowest BCUT2D eigenvalue weighted by molar-refractivity contribution is 0.0606. The number of thiazole rings is 1. The van der Waals surface area contributed by atoms with E-state index in [1.807, 2.05) is 24.3 Å². The summed E-state index contributed by atoms with van der Waals surface area (Å²) in [7, 11) is 1.37. The van der Waals surface area contributed by atoms with Crippen LogP contribution in [-0.2, 0) is 11.3 Å². The Balaban J connectivity index is 1.84. The van der Waals surface area contributed by atoms with Gasteiger partial charge in [-0.05, 0) is 6.07 Å². The van der Waals surface area contributed by atoms with Crippen molar-refractivity contribution in [2.75, 3.05) is 25.2 Å². The van der Waals surface area contributed by atoms with E-state index in [4.69, 9.17) is 9.47 Å². The number of aromatic nitrogens is 1. The number of esters is 1. The zero-order valence-corrected chi connectivity index (χ0v) is 11.9. The van der Waals surface area contributed by atoms with E-state index in [1.165, 1.54) is 18.4 Å². The molecule has 1 aromatic heterocycles. The molecule has 2 heterocycles. The van der Waals surface area contributed by atoms with Gasteiger partial charge < -0.3 is 14.4 Å². The van der Waals surface area contributed by atoms with Gasteiger partial charge in [0.2, 0.25) is 0 Å². The van der Waals surface area contributed by atoms with Crippen molar-refractivity contribution in [2.45, 2.75) is 6.54 Å². The van der Waals surface area contributed by atoms with Crippen LogP contribution in [-0.4, -0.2) is 31.2 Å². The van der Waals surface area contributed by atoms with E-state index in [0.717, 1.165) is 29.5 Å². The van der Waals surface area contributed by atoms with Crippen LogP contribution in [0.25, 0.3) is 0 Å². The van der Waals surface area contributed by atoms with E-state index < -0.39 is 0 Å². The van der Waals surface area contributed by atoms with Gasteiger partial charge in [-0.2, -0.15) is 0 Å². The highest BCUT2D eigenvalue weighted by molar-refractivity contribution is 7.17. The second-order valence-corrected chi connectivity index (χ2v) is 5.39. The van der Waals surface area contributed by atoms with Crippen molar-refractivity contribution < 1.29 is 14.3 Å². The second kappa shape index (κ2) is 5.50. The number of benzene rings is 1. The first-order valence-corrected chi connectivity index (χ1v) is 7.09. The van der Waals surface area contributed by atoms with Crippen LogP contribution >= 0.6 is 11.3 Å². The zero-order valence-electron chi connectivity index (χ0n) is 11.0. The zero-order chi connectivity index (χ0) is 13.9. The van der Waals surface area contributed by atoms with Gasteiger partial charge in [-0.15, -0.1) is 0 Å². The summed E-state index contributed by atoms with van der Waals surface area (Å²) in [4.78, 5) is 18.4. The Morgan fingerprint density at radius 2 is 2.30 bits per heavy atom. The molecule has 3 rings (SSSR count). The topological polar surface area (TPSA) is 51.7 Å². The van der Waals surface area contributed by atoms with Gasteiger partial charge in [0.1, 0.15) is 17.2 Å². The third kappa shape index (κ3) is 2.46. The summed E-state index contributed by atoms with van der Waals surface area (Å²) in [6.07, 6.45) is 1.56. The summed E-state index contributed by atoms with van der Waals surface area (Å²) in [5, 5.41) is 0.811. The molecular weight excluding hydrogens is 276 g/mol. The predicted octanol–water partition coefficient (Wildman–Crippen LogP) is 2.33. The van der Waals surface area contributed by atoms with E-state index in [-0.39, 0.29) is 5.97 Å². The van der Waals surface area contributed by atoms with Crippen molar-refractivity contribution in [3.63, 3.8) is 0 Å². The van der Waals surface area contributed by atoms with Gasteiger partial charge in [0.25, 0.3) is 0 Å². The molecule has 0 amide bonds. The Morgan fingerprint density at radius 3 is 3.15 bits per heavy atom. The molecule has 0 saturated carbocycles. The number of rotatable bonds is 2.